The van der Waals surface area contributed by atoms with Gasteiger partial charge in [-0.25, -0.2) is 19.7 Å². The molecule has 1 aromatic heterocycles. The van der Waals surface area contributed by atoms with Crippen LogP contribution in [0.4, 0.5) is 10.5 Å². The molecule has 8 heteroatoms. The third-order valence-electron chi connectivity index (χ3n) is 5.70. The first-order valence-corrected chi connectivity index (χ1v) is 9.47. The molecular formula is C20H20N4O4. The van der Waals surface area contributed by atoms with E-state index in [1.165, 1.54) is 36.4 Å². The summed E-state index contributed by atoms with van der Waals surface area (Å²) in [5.41, 5.74) is 2.55. The number of ether oxygens (including phenoxy) is 2. The maximum Gasteiger partial charge on any atom is 0.329 e. The van der Waals surface area contributed by atoms with Crippen molar-refractivity contribution in [1.82, 2.24) is 15.3 Å². The Labute approximate surface area is 161 Å². The van der Waals surface area contributed by atoms with E-state index in [-0.39, 0.29) is 17.5 Å². The Bertz CT molecular complexity index is 953. The largest absolute Gasteiger partial charge is 0.424 e. The molecule has 1 aliphatic carbocycles. The number of nitrogens with zero attached hydrogens (tertiary/aromatic N) is 3. The number of imide groups is 1. The molecule has 0 bridgehead atoms. The van der Waals surface area contributed by atoms with Gasteiger partial charge in [0.25, 0.3) is 5.91 Å². The van der Waals surface area contributed by atoms with Crippen molar-refractivity contribution in [3.05, 3.63) is 41.7 Å². The first kappa shape index (κ1) is 17.1. The minimum absolute atomic E-state index is 0.156. The molecule has 1 N–H and O–H groups in total. The molecule has 1 aromatic carbocycles. The second-order valence-electron chi connectivity index (χ2n) is 7.48. The van der Waals surface area contributed by atoms with E-state index < -0.39 is 12.1 Å². The van der Waals surface area contributed by atoms with Crippen molar-refractivity contribution in [2.24, 2.45) is 0 Å². The second-order valence-corrected chi connectivity index (χ2v) is 7.48. The zero-order chi connectivity index (χ0) is 19.3. The number of nitrogens with one attached hydrogen (secondary N) is 1. The molecule has 1 saturated heterocycles. The van der Waals surface area contributed by atoms with Gasteiger partial charge in [0.05, 0.1) is 30.3 Å². The molecule has 8 nitrogen and oxygen atoms in total. The van der Waals surface area contributed by atoms with Gasteiger partial charge < -0.3 is 14.8 Å². The van der Waals surface area contributed by atoms with Crippen LogP contribution in [0, 0.1) is 0 Å². The maximum atomic E-state index is 12.1. The fourth-order valence-electron chi connectivity index (χ4n) is 4.26. The number of benzene rings is 1. The van der Waals surface area contributed by atoms with Crippen LogP contribution in [0.5, 0.6) is 11.8 Å². The standard InChI is InChI=1S/C20H20N4O4/c1-12-17(25)24(19(26)23-12)14-9-21-18(22-10-14)28-15-5-4-13-11-27-20(16(13)8-15)6-2-3-7-20/h4-5,8-10,12H,2-3,6-7,11H2,1H3,(H,23,26)/t12-/m0/s1. The highest BCUT2D eigenvalue weighted by Crippen LogP contribution is 2.49. The van der Waals surface area contributed by atoms with Crippen molar-refractivity contribution in [2.75, 3.05) is 4.90 Å². The van der Waals surface area contributed by atoms with Gasteiger partial charge in [-0.05, 0) is 43.0 Å². The number of aromatic nitrogens is 2. The summed E-state index contributed by atoms with van der Waals surface area (Å²) in [7, 11) is 0. The summed E-state index contributed by atoms with van der Waals surface area (Å²) in [4.78, 5) is 33.3. The van der Waals surface area contributed by atoms with Crippen LogP contribution < -0.4 is 15.0 Å². The van der Waals surface area contributed by atoms with E-state index in [2.05, 4.69) is 15.3 Å². The van der Waals surface area contributed by atoms with Crippen LogP contribution in [-0.4, -0.2) is 27.9 Å². The molecule has 2 aromatic rings. The summed E-state index contributed by atoms with van der Waals surface area (Å²) >= 11 is 0. The van der Waals surface area contributed by atoms with Gasteiger partial charge in [0.1, 0.15) is 11.8 Å². The average molecular weight is 380 g/mol. The SMILES string of the molecule is C[C@@H]1NC(=O)N(c2cnc(Oc3ccc4c(c3)C3(CCCC3)OC4)nc2)C1=O. The Balaban J connectivity index is 1.36. The van der Waals surface area contributed by atoms with Gasteiger partial charge in [-0.3, -0.25) is 4.79 Å². The number of amides is 3. The first-order chi connectivity index (χ1) is 13.6. The van der Waals surface area contributed by atoms with E-state index in [0.29, 0.717) is 18.0 Å². The fraction of sp³-hybridized carbons (Fsp3) is 0.400. The highest BCUT2D eigenvalue weighted by molar-refractivity contribution is 6.21. The molecule has 5 rings (SSSR count). The molecule has 3 heterocycles. The molecule has 1 atom stereocenters. The van der Waals surface area contributed by atoms with E-state index in [9.17, 15) is 9.59 Å². The van der Waals surface area contributed by atoms with Gasteiger partial charge in [0, 0.05) is 0 Å². The maximum absolute atomic E-state index is 12.1. The summed E-state index contributed by atoms with van der Waals surface area (Å²) in [6.45, 7) is 2.28. The summed E-state index contributed by atoms with van der Waals surface area (Å²) in [6.07, 6.45) is 7.25. The minimum Gasteiger partial charge on any atom is -0.424 e. The van der Waals surface area contributed by atoms with E-state index in [1.807, 2.05) is 18.2 Å². The smallest absolute Gasteiger partial charge is 0.329 e. The van der Waals surface area contributed by atoms with Crippen LogP contribution in [-0.2, 0) is 21.7 Å². The Hall–Kier alpha value is -3.00. The van der Waals surface area contributed by atoms with E-state index in [1.54, 1.807) is 6.92 Å². The van der Waals surface area contributed by atoms with E-state index in [4.69, 9.17) is 9.47 Å². The quantitative estimate of drug-likeness (QED) is 0.823. The average Bonchev–Trinajstić information content (AvgIpc) is 3.37. The van der Waals surface area contributed by atoms with Crippen molar-refractivity contribution in [2.45, 2.75) is 50.9 Å². The number of rotatable bonds is 3. The summed E-state index contributed by atoms with van der Waals surface area (Å²) in [5.74, 6) is 0.314. The van der Waals surface area contributed by atoms with Gasteiger partial charge in [0.15, 0.2) is 0 Å². The van der Waals surface area contributed by atoms with Crippen molar-refractivity contribution < 1.29 is 19.1 Å². The number of carbonyl (C=O) groups is 2. The fourth-order valence-corrected chi connectivity index (χ4v) is 4.26. The Morgan fingerprint density at radius 2 is 1.96 bits per heavy atom. The topological polar surface area (TPSA) is 93.7 Å². The van der Waals surface area contributed by atoms with Crippen LogP contribution in [0.15, 0.2) is 30.6 Å². The van der Waals surface area contributed by atoms with Crippen LogP contribution >= 0.6 is 0 Å². The van der Waals surface area contributed by atoms with Gasteiger partial charge in [-0.1, -0.05) is 18.9 Å². The molecule has 2 aliphatic heterocycles. The normalized spacial score (nSPS) is 22.6. The van der Waals surface area contributed by atoms with Crippen LogP contribution in [0.2, 0.25) is 0 Å². The summed E-state index contributed by atoms with van der Waals surface area (Å²) < 4.78 is 11.9. The van der Waals surface area contributed by atoms with Crippen molar-refractivity contribution >= 4 is 17.6 Å². The van der Waals surface area contributed by atoms with Gasteiger partial charge in [-0.2, -0.15) is 0 Å². The third kappa shape index (κ3) is 2.63. The lowest BCUT2D eigenvalue weighted by Crippen LogP contribution is -2.31. The van der Waals surface area contributed by atoms with Crippen LogP contribution in [0.25, 0.3) is 0 Å². The van der Waals surface area contributed by atoms with Crippen molar-refractivity contribution in [1.29, 1.82) is 0 Å². The molecule has 3 amide bonds. The van der Waals surface area contributed by atoms with Gasteiger partial charge >= 0.3 is 12.0 Å². The number of hydrogen-bond acceptors (Lipinski definition) is 6. The van der Waals surface area contributed by atoms with Crippen LogP contribution in [0.1, 0.15) is 43.7 Å². The first-order valence-electron chi connectivity index (χ1n) is 9.47. The van der Waals surface area contributed by atoms with E-state index >= 15 is 0 Å². The predicted molar refractivity (Wildman–Crippen MR) is 99.0 cm³/mol. The lowest BCUT2D eigenvalue weighted by atomic mass is 9.91. The van der Waals surface area contributed by atoms with Gasteiger partial charge in [-0.15, -0.1) is 0 Å². The lowest BCUT2D eigenvalue weighted by molar-refractivity contribution is -0.117. The molecule has 0 radical (unpaired) electrons. The van der Waals surface area contributed by atoms with E-state index in [0.717, 1.165) is 17.7 Å². The zero-order valence-corrected chi connectivity index (χ0v) is 15.5. The van der Waals surface area contributed by atoms with Gasteiger partial charge in [0.2, 0.25) is 0 Å². The van der Waals surface area contributed by atoms with Crippen molar-refractivity contribution in [3.63, 3.8) is 0 Å². The Morgan fingerprint density at radius 3 is 2.64 bits per heavy atom. The highest BCUT2D eigenvalue weighted by Gasteiger charge is 2.42. The molecule has 144 valence electrons. The highest BCUT2D eigenvalue weighted by atomic mass is 16.5. The Kier molecular flexibility index (Phi) is 3.83. The minimum atomic E-state index is -0.556. The second kappa shape index (κ2) is 6.27. The molecule has 28 heavy (non-hydrogen) atoms. The predicted octanol–water partition coefficient (Wildman–Crippen LogP) is 3.01. The molecule has 3 aliphatic rings. The van der Waals surface area contributed by atoms with Crippen LogP contribution in [0.3, 0.4) is 0 Å². The molecule has 1 saturated carbocycles. The summed E-state index contributed by atoms with van der Waals surface area (Å²) in [6, 6.07) is 5.05. The molecule has 1 spiro atoms. The molecular weight excluding hydrogens is 360 g/mol. The third-order valence-corrected chi connectivity index (χ3v) is 5.70. The number of carbonyl (C=O) groups excluding carboxylic acids is 2. The number of urea groups is 1. The number of fused-ring (bicyclic) bond motifs is 2. The molecule has 2 fully saturated rings. The Morgan fingerprint density at radius 1 is 1.21 bits per heavy atom. The molecule has 0 unspecified atom stereocenters. The summed E-state index contributed by atoms with van der Waals surface area (Å²) in [5, 5.41) is 2.56. The lowest BCUT2D eigenvalue weighted by Gasteiger charge is -2.23. The monoisotopic (exact) mass is 380 g/mol. The zero-order valence-electron chi connectivity index (χ0n) is 15.5. The number of hydrogen-bond donors (Lipinski definition) is 1. The van der Waals surface area contributed by atoms with Crippen molar-refractivity contribution in [3.8, 4) is 11.8 Å². The number of anilines is 1.